The summed E-state index contributed by atoms with van der Waals surface area (Å²) in [7, 11) is -8.30. The van der Waals surface area contributed by atoms with Gasteiger partial charge < -0.3 is 9.45 Å². The van der Waals surface area contributed by atoms with Gasteiger partial charge in [-0.2, -0.15) is 13.0 Å². The minimum Gasteiger partial charge on any atom is -0.748 e. The fourth-order valence-electron chi connectivity index (χ4n) is 9.82. The second-order valence-electron chi connectivity index (χ2n) is 17.8. The monoisotopic (exact) mass is 852 g/mol. The van der Waals surface area contributed by atoms with Crippen LogP contribution in [-0.2, 0) is 31.1 Å². The van der Waals surface area contributed by atoms with Gasteiger partial charge in [-0.3, -0.25) is 4.55 Å². The molecule has 0 saturated carbocycles. The fraction of sp³-hybridized carbons (Fsp3) is 0.460. The van der Waals surface area contributed by atoms with Crippen molar-refractivity contribution in [3.63, 3.8) is 0 Å². The average molecular weight is 853 g/mol. The third kappa shape index (κ3) is 10.2. The number of allylic oxidation sites excluding steroid dienone is 6. The topological polar surface area (TPSA) is 118 Å². The largest absolute Gasteiger partial charge is 0.748 e. The Morgan fingerprint density at radius 2 is 1.38 bits per heavy atom. The van der Waals surface area contributed by atoms with E-state index in [1.54, 1.807) is 0 Å². The van der Waals surface area contributed by atoms with Crippen LogP contribution in [0.25, 0.3) is 21.5 Å². The molecule has 4 aromatic rings. The molecule has 4 aromatic carbocycles. The van der Waals surface area contributed by atoms with Crippen molar-refractivity contribution in [1.82, 2.24) is 0 Å². The number of nitrogens with zero attached hydrogens (tertiary/aromatic N) is 2. The molecule has 0 aromatic heterocycles. The molecule has 0 fully saturated rings. The molecule has 8 nitrogen and oxygen atoms in total. The molecule has 2 atom stereocenters. The Bertz CT molecular complexity index is 2530. The van der Waals surface area contributed by atoms with Crippen LogP contribution in [0, 0.1) is 11.8 Å². The lowest BCUT2D eigenvalue weighted by Crippen LogP contribution is -2.28. The molecule has 0 aliphatic carbocycles. The van der Waals surface area contributed by atoms with Crippen molar-refractivity contribution >= 4 is 58.9 Å². The van der Waals surface area contributed by atoms with Gasteiger partial charge in [0.1, 0.15) is 6.54 Å². The smallest absolute Gasteiger partial charge is 0.264 e. The first-order chi connectivity index (χ1) is 28.5. The molecular formula is C50H64N2O6S2. The van der Waals surface area contributed by atoms with Crippen molar-refractivity contribution in [2.75, 3.05) is 29.5 Å². The molecule has 322 valence electrons. The second kappa shape index (κ2) is 18.9. The predicted molar refractivity (Wildman–Crippen MR) is 248 cm³/mol. The van der Waals surface area contributed by atoms with Crippen molar-refractivity contribution in [2.45, 2.75) is 110 Å². The summed E-state index contributed by atoms with van der Waals surface area (Å²) in [6.45, 7) is 14.9. The van der Waals surface area contributed by atoms with Crippen LogP contribution in [-0.4, -0.2) is 60.8 Å². The van der Waals surface area contributed by atoms with Crippen LogP contribution >= 0.6 is 0 Å². The highest BCUT2D eigenvalue weighted by Crippen LogP contribution is 2.51. The number of fused-ring (bicyclic) bond motifs is 6. The Morgan fingerprint density at radius 1 is 0.733 bits per heavy atom. The SMILES string of the molecule is CCCCCC(/C=C/C=C1N(CCCCS(=O)(=O)O)c2ccc3ccccc3c2C1(C)C)C(/C=C/C1=[N+](CCCCS(=O)(=O)[O-])c2ccc3ccccc3c2C1(C)C)CC. The van der Waals surface area contributed by atoms with Gasteiger partial charge in [0.25, 0.3) is 10.1 Å². The van der Waals surface area contributed by atoms with E-state index in [9.17, 15) is 25.9 Å². The quantitative estimate of drug-likeness (QED) is 0.0534. The Balaban J connectivity index is 1.34. The number of rotatable bonds is 20. The average Bonchev–Trinajstić information content (AvgIpc) is 3.55. The second-order valence-corrected chi connectivity index (χ2v) is 20.9. The van der Waals surface area contributed by atoms with Crippen LogP contribution in [0.3, 0.4) is 0 Å². The molecule has 0 bridgehead atoms. The van der Waals surface area contributed by atoms with E-state index in [0.717, 1.165) is 43.5 Å². The van der Waals surface area contributed by atoms with Gasteiger partial charge in [-0.15, -0.1) is 0 Å². The molecule has 2 aliphatic rings. The van der Waals surface area contributed by atoms with Gasteiger partial charge in [0.2, 0.25) is 5.69 Å². The standard InChI is InChI=1S/C50H64N2O6S2/c1-7-9-10-20-38(23-19-26-45-49(3,4)47-41-24-13-11-21-39(41)27-30-43(47)51(45)33-15-17-35-59(53,54)55)37(8-2)29-32-46-50(5,6)48-42-25-14-12-22-40(42)28-31-44(48)52(46)34-16-18-36-60(56,57)58/h11-14,19,21-32,37-38H,7-10,15-18,20,33-36H2,1-6H3,(H-,53,54,55,56,57,58)/b23-19+,32-29+,45-26?. The molecule has 1 N–H and O–H groups in total. The molecule has 2 aliphatic heterocycles. The Morgan fingerprint density at radius 3 is 2.03 bits per heavy atom. The lowest BCUT2D eigenvalue weighted by atomic mass is 9.78. The van der Waals surface area contributed by atoms with E-state index >= 15 is 0 Å². The number of hydrogen-bond donors (Lipinski definition) is 1. The molecule has 2 unspecified atom stereocenters. The molecule has 60 heavy (non-hydrogen) atoms. The van der Waals surface area contributed by atoms with Crippen molar-refractivity contribution in [3.05, 3.63) is 120 Å². The first-order valence-electron chi connectivity index (χ1n) is 21.9. The van der Waals surface area contributed by atoms with Crippen molar-refractivity contribution in [2.24, 2.45) is 11.8 Å². The maximum Gasteiger partial charge on any atom is 0.264 e. The number of anilines is 1. The van der Waals surface area contributed by atoms with Crippen molar-refractivity contribution in [1.29, 1.82) is 0 Å². The van der Waals surface area contributed by atoms with Crippen LogP contribution in [0.2, 0.25) is 0 Å². The van der Waals surface area contributed by atoms with E-state index in [1.165, 1.54) is 44.1 Å². The van der Waals surface area contributed by atoms with Gasteiger partial charge in [-0.1, -0.05) is 120 Å². The van der Waals surface area contributed by atoms with Gasteiger partial charge in [-0.25, -0.2) is 8.42 Å². The Hall–Kier alpha value is -4.09. The molecule has 0 saturated heterocycles. The normalized spacial score (nSPS) is 18.1. The van der Waals surface area contributed by atoms with Crippen molar-refractivity contribution in [3.8, 4) is 0 Å². The maximum atomic E-state index is 11.6. The molecule has 10 heteroatoms. The van der Waals surface area contributed by atoms with Gasteiger partial charge in [-0.05, 0) is 103 Å². The molecule has 0 radical (unpaired) electrons. The van der Waals surface area contributed by atoms with E-state index in [-0.39, 0.29) is 34.2 Å². The van der Waals surface area contributed by atoms with Crippen LogP contribution in [0.15, 0.2) is 109 Å². The molecule has 0 spiro atoms. The lowest BCUT2D eigenvalue weighted by molar-refractivity contribution is -0.438. The lowest BCUT2D eigenvalue weighted by Gasteiger charge is -2.27. The van der Waals surface area contributed by atoms with Crippen LogP contribution in [0.5, 0.6) is 0 Å². The number of hydrogen-bond acceptors (Lipinski definition) is 6. The van der Waals surface area contributed by atoms with E-state index < -0.39 is 20.2 Å². The highest BCUT2D eigenvalue weighted by molar-refractivity contribution is 7.85. The summed E-state index contributed by atoms with van der Waals surface area (Å²) in [5.41, 5.74) is 6.54. The molecule has 6 rings (SSSR count). The summed E-state index contributed by atoms with van der Waals surface area (Å²) in [5.74, 6) is -0.0516. The van der Waals surface area contributed by atoms with E-state index in [4.69, 9.17) is 0 Å². The maximum absolute atomic E-state index is 11.6. The zero-order valence-corrected chi connectivity index (χ0v) is 38.0. The van der Waals surface area contributed by atoms with E-state index in [2.05, 4.69) is 154 Å². The van der Waals surface area contributed by atoms with E-state index in [1.807, 2.05) is 0 Å². The number of benzene rings is 4. The van der Waals surface area contributed by atoms with Crippen LogP contribution in [0.4, 0.5) is 11.4 Å². The summed E-state index contributed by atoms with van der Waals surface area (Å²) >= 11 is 0. The summed E-state index contributed by atoms with van der Waals surface area (Å²) in [4.78, 5) is 2.35. The van der Waals surface area contributed by atoms with Gasteiger partial charge >= 0.3 is 0 Å². The highest BCUT2D eigenvalue weighted by atomic mass is 32.2. The van der Waals surface area contributed by atoms with Crippen LogP contribution in [0.1, 0.15) is 110 Å². The first-order valence-corrected chi connectivity index (χ1v) is 25.1. The first kappa shape index (κ1) is 45.4. The fourth-order valence-corrected chi connectivity index (χ4v) is 11.0. The van der Waals surface area contributed by atoms with Gasteiger partial charge in [0.15, 0.2) is 5.71 Å². The zero-order valence-electron chi connectivity index (χ0n) is 36.4. The van der Waals surface area contributed by atoms with Gasteiger partial charge in [0.05, 0.1) is 21.3 Å². The van der Waals surface area contributed by atoms with Crippen LogP contribution < -0.4 is 4.90 Å². The third-order valence-corrected chi connectivity index (χ3v) is 14.4. The summed E-state index contributed by atoms with van der Waals surface area (Å²) in [6, 6.07) is 25.7. The molecule has 2 heterocycles. The van der Waals surface area contributed by atoms with E-state index in [0.29, 0.717) is 38.8 Å². The zero-order chi connectivity index (χ0) is 43.3. The number of unbranched alkanes of at least 4 members (excludes halogenated alkanes) is 4. The summed E-state index contributed by atoms with van der Waals surface area (Å²) < 4.78 is 69.3. The minimum atomic E-state index is -4.28. The minimum absolute atomic E-state index is 0.248. The molecular weight excluding hydrogens is 789 g/mol. The summed E-state index contributed by atoms with van der Waals surface area (Å²) in [5, 5.41) is 4.81. The Labute approximate surface area is 359 Å². The van der Waals surface area contributed by atoms with Gasteiger partial charge in [0, 0.05) is 53.2 Å². The summed E-state index contributed by atoms with van der Waals surface area (Å²) in [6.07, 6.45) is 19.0. The molecule has 0 amide bonds. The highest BCUT2D eigenvalue weighted by Gasteiger charge is 2.45. The third-order valence-electron chi connectivity index (χ3n) is 12.8. The Kier molecular flexibility index (Phi) is 14.3. The predicted octanol–water partition coefficient (Wildman–Crippen LogP) is 11.4. The van der Waals surface area contributed by atoms with Crippen molar-refractivity contribution < 1.29 is 30.5 Å².